The Bertz CT molecular complexity index is 868. The van der Waals surface area contributed by atoms with Gasteiger partial charge in [-0.05, 0) is 48.4 Å². The largest absolute Gasteiger partial charge is 0.489 e. The summed E-state index contributed by atoms with van der Waals surface area (Å²) in [5.74, 6) is 0.767. The van der Waals surface area contributed by atoms with Gasteiger partial charge in [-0.15, -0.1) is 0 Å². The fourth-order valence-corrected chi connectivity index (χ4v) is 2.88. The molecule has 0 atom stereocenters. The molecule has 0 bridgehead atoms. The molecule has 29 heavy (non-hydrogen) atoms. The molecule has 2 amide bonds. The Kier molecular flexibility index (Phi) is 7.52. The summed E-state index contributed by atoms with van der Waals surface area (Å²) in [5.41, 5.74) is 3.02. The predicted octanol–water partition coefficient (Wildman–Crippen LogP) is 4.91. The molecule has 5 heteroatoms. The second kappa shape index (κ2) is 10.8. The summed E-state index contributed by atoms with van der Waals surface area (Å²) in [6.07, 6.45) is 0.866. The number of urea groups is 1. The summed E-state index contributed by atoms with van der Waals surface area (Å²) < 4.78 is 5.76. The standard InChI is InChI=1S/C24H27N3O2/c1-27(22-11-6-3-7-12-22)18-8-17-25-24(28)26-21-13-15-23(16-14-21)29-19-20-9-4-2-5-10-20/h2-7,9-16H,8,17-19H2,1H3,(H2,25,26,28). The molecule has 0 spiro atoms. The molecule has 0 radical (unpaired) electrons. The highest BCUT2D eigenvalue weighted by atomic mass is 16.5. The maximum Gasteiger partial charge on any atom is 0.319 e. The van der Waals surface area contributed by atoms with Gasteiger partial charge in [-0.2, -0.15) is 0 Å². The first-order chi connectivity index (χ1) is 14.2. The SMILES string of the molecule is CN(CCCNC(=O)Nc1ccc(OCc2ccccc2)cc1)c1ccccc1. The minimum atomic E-state index is -0.203. The van der Waals surface area contributed by atoms with Crippen molar-refractivity contribution in [1.29, 1.82) is 0 Å². The number of nitrogens with zero attached hydrogens (tertiary/aromatic N) is 1. The molecule has 0 saturated carbocycles. The Morgan fingerprint density at radius 1 is 0.897 bits per heavy atom. The van der Waals surface area contributed by atoms with E-state index in [4.69, 9.17) is 4.74 Å². The number of hydrogen-bond donors (Lipinski definition) is 2. The van der Waals surface area contributed by atoms with Crippen LogP contribution in [-0.4, -0.2) is 26.2 Å². The summed E-state index contributed by atoms with van der Waals surface area (Å²) in [6, 6.07) is 27.4. The van der Waals surface area contributed by atoms with Gasteiger partial charge in [0.2, 0.25) is 0 Å². The predicted molar refractivity (Wildman–Crippen MR) is 119 cm³/mol. The smallest absolute Gasteiger partial charge is 0.319 e. The van der Waals surface area contributed by atoms with Crippen LogP contribution in [0.4, 0.5) is 16.2 Å². The van der Waals surface area contributed by atoms with Crippen molar-refractivity contribution in [1.82, 2.24) is 5.32 Å². The summed E-state index contributed by atoms with van der Waals surface area (Å²) in [5, 5.41) is 5.73. The molecule has 0 unspecified atom stereocenters. The number of carbonyl (C=O) groups is 1. The van der Waals surface area contributed by atoms with Crippen LogP contribution in [0.2, 0.25) is 0 Å². The van der Waals surface area contributed by atoms with E-state index in [1.54, 1.807) is 0 Å². The van der Waals surface area contributed by atoms with Crippen molar-refractivity contribution in [3.8, 4) is 5.75 Å². The molecular weight excluding hydrogens is 362 g/mol. The highest BCUT2D eigenvalue weighted by Gasteiger charge is 2.03. The number of benzene rings is 3. The normalized spacial score (nSPS) is 10.2. The lowest BCUT2D eigenvalue weighted by Crippen LogP contribution is -2.31. The van der Waals surface area contributed by atoms with Gasteiger partial charge >= 0.3 is 6.03 Å². The Morgan fingerprint density at radius 3 is 2.24 bits per heavy atom. The quantitative estimate of drug-likeness (QED) is 0.511. The van der Waals surface area contributed by atoms with Crippen LogP contribution in [0.25, 0.3) is 0 Å². The first-order valence-corrected chi connectivity index (χ1v) is 9.78. The Hall–Kier alpha value is -3.47. The molecule has 0 heterocycles. The van der Waals surface area contributed by atoms with Gasteiger partial charge in [0.15, 0.2) is 0 Å². The lowest BCUT2D eigenvalue weighted by Gasteiger charge is -2.19. The lowest BCUT2D eigenvalue weighted by molar-refractivity contribution is 0.252. The molecule has 0 aliphatic rings. The summed E-state index contributed by atoms with van der Waals surface area (Å²) in [6.45, 7) is 2.00. The van der Waals surface area contributed by atoms with Crippen LogP contribution in [-0.2, 0) is 6.61 Å². The van der Waals surface area contributed by atoms with Crippen LogP contribution in [0.1, 0.15) is 12.0 Å². The van der Waals surface area contributed by atoms with E-state index >= 15 is 0 Å². The molecule has 3 aromatic carbocycles. The van der Waals surface area contributed by atoms with Crippen molar-refractivity contribution in [2.24, 2.45) is 0 Å². The average molecular weight is 389 g/mol. The monoisotopic (exact) mass is 389 g/mol. The van der Waals surface area contributed by atoms with Crippen molar-refractivity contribution >= 4 is 17.4 Å². The fraction of sp³-hybridized carbons (Fsp3) is 0.208. The van der Waals surface area contributed by atoms with E-state index in [1.807, 2.05) is 72.8 Å². The zero-order valence-corrected chi connectivity index (χ0v) is 16.7. The van der Waals surface area contributed by atoms with E-state index < -0.39 is 0 Å². The van der Waals surface area contributed by atoms with E-state index in [0.717, 1.165) is 30.0 Å². The van der Waals surface area contributed by atoms with E-state index in [-0.39, 0.29) is 6.03 Å². The van der Waals surface area contributed by atoms with E-state index in [9.17, 15) is 4.79 Å². The van der Waals surface area contributed by atoms with Crippen LogP contribution in [0.15, 0.2) is 84.9 Å². The minimum Gasteiger partial charge on any atom is -0.489 e. The van der Waals surface area contributed by atoms with Gasteiger partial charge in [0.05, 0.1) is 0 Å². The molecule has 5 nitrogen and oxygen atoms in total. The molecule has 0 aromatic heterocycles. The van der Waals surface area contributed by atoms with E-state index in [2.05, 4.69) is 34.7 Å². The molecule has 0 aliphatic carbocycles. The molecule has 2 N–H and O–H groups in total. The first-order valence-electron chi connectivity index (χ1n) is 9.78. The number of ether oxygens (including phenoxy) is 1. The Labute approximate surface area is 172 Å². The average Bonchev–Trinajstić information content (AvgIpc) is 2.77. The van der Waals surface area contributed by atoms with Crippen molar-refractivity contribution in [2.75, 3.05) is 30.4 Å². The molecule has 150 valence electrons. The summed E-state index contributed by atoms with van der Waals surface area (Å²) in [4.78, 5) is 14.2. The van der Waals surface area contributed by atoms with Gasteiger partial charge in [0.1, 0.15) is 12.4 Å². The topological polar surface area (TPSA) is 53.6 Å². The molecule has 0 saturated heterocycles. The van der Waals surface area contributed by atoms with Crippen LogP contribution >= 0.6 is 0 Å². The number of para-hydroxylation sites is 1. The summed E-state index contributed by atoms with van der Waals surface area (Å²) in [7, 11) is 2.05. The Morgan fingerprint density at radius 2 is 1.55 bits per heavy atom. The number of rotatable bonds is 9. The van der Waals surface area contributed by atoms with Gasteiger partial charge < -0.3 is 20.3 Å². The van der Waals surface area contributed by atoms with Crippen LogP contribution in [0, 0.1) is 0 Å². The highest BCUT2D eigenvalue weighted by Crippen LogP contribution is 2.17. The van der Waals surface area contributed by atoms with Crippen LogP contribution < -0.4 is 20.3 Å². The van der Waals surface area contributed by atoms with E-state index in [0.29, 0.717) is 13.2 Å². The number of hydrogen-bond acceptors (Lipinski definition) is 3. The van der Waals surface area contributed by atoms with Crippen LogP contribution in [0.5, 0.6) is 5.75 Å². The fourth-order valence-electron chi connectivity index (χ4n) is 2.88. The number of nitrogens with one attached hydrogen (secondary N) is 2. The minimum absolute atomic E-state index is 0.203. The third-order valence-electron chi connectivity index (χ3n) is 4.51. The van der Waals surface area contributed by atoms with Crippen molar-refractivity contribution in [2.45, 2.75) is 13.0 Å². The molecule has 0 fully saturated rings. The second-order valence-corrected chi connectivity index (χ2v) is 6.79. The number of amides is 2. The van der Waals surface area contributed by atoms with Gasteiger partial charge in [-0.25, -0.2) is 4.79 Å². The summed E-state index contributed by atoms with van der Waals surface area (Å²) >= 11 is 0. The molecule has 0 aliphatic heterocycles. The van der Waals surface area contributed by atoms with E-state index in [1.165, 1.54) is 5.69 Å². The van der Waals surface area contributed by atoms with Crippen molar-refractivity contribution in [3.05, 3.63) is 90.5 Å². The van der Waals surface area contributed by atoms with Gasteiger partial charge in [0, 0.05) is 31.5 Å². The van der Waals surface area contributed by atoms with Gasteiger partial charge in [-0.3, -0.25) is 0 Å². The zero-order chi connectivity index (χ0) is 20.3. The first kappa shape index (κ1) is 20.3. The highest BCUT2D eigenvalue weighted by molar-refractivity contribution is 5.89. The van der Waals surface area contributed by atoms with Crippen molar-refractivity contribution < 1.29 is 9.53 Å². The van der Waals surface area contributed by atoms with Gasteiger partial charge in [-0.1, -0.05) is 48.5 Å². The molecule has 3 aromatic rings. The van der Waals surface area contributed by atoms with Gasteiger partial charge in [0.25, 0.3) is 0 Å². The number of carbonyl (C=O) groups excluding carboxylic acids is 1. The number of anilines is 2. The molecule has 3 rings (SSSR count). The third kappa shape index (κ3) is 6.88. The van der Waals surface area contributed by atoms with Crippen molar-refractivity contribution in [3.63, 3.8) is 0 Å². The lowest BCUT2D eigenvalue weighted by atomic mass is 10.2. The second-order valence-electron chi connectivity index (χ2n) is 6.79. The zero-order valence-electron chi connectivity index (χ0n) is 16.7. The maximum absolute atomic E-state index is 12.1. The molecular formula is C24H27N3O2. The van der Waals surface area contributed by atoms with Crippen LogP contribution in [0.3, 0.4) is 0 Å². The third-order valence-corrected chi connectivity index (χ3v) is 4.51. The Balaban J connectivity index is 1.35. The maximum atomic E-state index is 12.1.